The van der Waals surface area contributed by atoms with Gasteiger partial charge in [-0.25, -0.2) is 9.97 Å². The molecule has 2 aromatic heterocycles. The second kappa shape index (κ2) is 8.08. The van der Waals surface area contributed by atoms with Crippen LogP contribution in [-0.2, 0) is 22.9 Å². The van der Waals surface area contributed by atoms with Gasteiger partial charge in [0.2, 0.25) is 11.5 Å². The van der Waals surface area contributed by atoms with E-state index in [9.17, 15) is 23.1 Å². The minimum atomic E-state index is -5.09. The second-order valence-corrected chi connectivity index (χ2v) is 9.17. The lowest BCUT2D eigenvalue weighted by Crippen LogP contribution is -2.46. The molecule has 0 saturated heterocycles. The van der Waals surface area contributed by atoms with E-state index >= 15 is 0 Å². The van der Waals surface area contributed by atoms with Crippen molar-refractivity contribution in [2.45, 2.75) is 44.4 Å². The predicted molar refractivity (Wildman–Crippen MR) is 113 cm³/mol. The van der Waals surface area contributed by atoms with Gasteiger partial charge in [0.25, 0.3) is 0 Å². The molecule has 0 radical (unpaired) electrons. The van der Waals surface area contributed by atoms with E-state index in [2.05, 4.69) is 36.1 Å². The van der Waals surface area contributed by atoms with E-state index in [-0.39, 0.29) is 10.5 Å². The molecule has 0 fully saturated rings. The Morgan fingerprint density at radius 1 is 1.19 bits per heavy atom. The van der Waals surface area contributed by atoms with Gasteiger partial charge in [0.1, 0.15) is 0 Å². The van der Waals surface area contributed by atoms with E-state index in [0.29, 0.717) is 5.69 Å². The van der Waals surface area contributed by atoms with Crippen molar-refractivity contribution < 1.29 is 23.1 Å². The molecule has 0 bridgehead atoms. The number of carbonyl (C=O) groups excluding carboxylic acids is 1. The Labute approximate surface area is 181 Å². The van der Waals surface area contributed by atoms with Crippen LogP contribution >= 0.6 is 11.3 Å². The molecule has 0 spiro atoms. The van der Waals surface area contributed by atoms with Crippen molar-refractivity contribution in [1.29, 1.82) is 0 Å². The van der Waals surface area contributed by atoms with Crippen LogP contribution in [0, 0.1) is 0 Å². The molecule has 2 N–H and O–H groups in total. The summed E-state index contributed by atoms with van der Waals surface area (Å²) in [6.07, 6.45) is -3.94. The van der Waals surface area contributed by atoms with Crippen LogP contribution < -0.4 is 5.32 Å². The molecule has 0 unspecified atom stereocenters. The topological polar surface area (TPSA) is 80.0 Å². The summed E-state index contributed by atoms with van der Waals surface area (Å²) in [5.41, 5.74) is -0.846. The Kier molecular flexibility index (Phi) is 5.98. The predicted octanol–water partition coefficient (Wildman–Crippen LogP) is 4.62. The number of carbonyl (C=O) groups is 1. The van der Waals surface area contributed by atoms with Crippen molar-refractivity contribution in [3.63, 3.8) is 0 Å². The van der Waals surface area contributed by atoms with Crippen LogP contribution in [0.1, 0.15) is 38.6 Å². The molecule has 1 aromatic carbocycles. The highest BCUT2D eigenvalue weighted by atomic mass is 32.1. The molecule has 0 aliphatic carbocycles. The van der Waals surface area contributed by atoms with E-state index < -0.39 is 29.9 Å². The number of amides is 1. The van der Waals surface area contributed by atoms with E-state index in [1.165, 1.54) is 13.2 Å². The lowest BCUT2D eigenvalue weighted by molar-refractivity contribution is -0.270. The highest BCUT2D eigenvalue weighted by Crippen LogP contribution is 2.41. The maximum absolute atomic E-state index is 13.6. The molecular formula is C21H23F3N4O2S. The average Bonchev–Trinajstić information content (AvgIpc) is 3.29. The van der Waals surface area contributed by atoms with Crippen molar-refractivity contribution in [2.24, 2.45) is 7.05 Å². The molecule has 3 rings (SSSR count). The standard InChI is InChI=1S/C21H23F3N4O2S/c1-19(2,3)14-7-5-13(6-8-14)15-12-31-18(26-15)27-16(29)11-20(30,21(22,23)24)17-25-9-10-28(17)4/h5-10,12,30H,11H2,1-4H3,(H,26,27,29)/t20-/m1/s1. The number of imidazole rings is 1. The maximum atomic E-state index is 13.6. The van der Waals surface area contributed by atoms with Crippen molar-refractivity contribution in [2.75, 3.05) is 5.32 Å². The van der Waals surface area contributed by atoms with Crippen LogP contribution in [0.2, 0.25) is 0 Å². The fourth-order valence-electron chi connectivity index (χ4n) is 3.07. The molecule has 6 nitrogen and oxygen atoms in total. The molecule has 2 heterocycles. The molecule has 31 heavy (non-hydrogen) atoms. The van der Waals surface area contributed by atoms with Gasteiger partial charge in [-0.15, -0.1) is 11.3 Å². The largest absolute Gasteiger partial charge is 0.425 e. The molecular weight excluding hydrogens is 429 g/mol. The van der Waals surface area contributed by atoms with Gasteiger partial charge in [-0.1, -0.05) is 45.0 Å². The number of rotatable bonds is 5. The number of aryl methyl sites for hydroxylation is 1. The smallest absolute Gasteiger partial charge is 0.374 e. The van der Waals surface area contributed by atoms with Crippen LogP contribution in [0.5, 0.6) is 0 Å². The van der Waals surface area contributed by atoms with Gasteiger partial charge < -0.3 is 15.0 Å². The number of halogens is 3. The van der Waals surface area contributed by atoms with Gasteiger partial charge in [0, 0.05) is 30.4 Å². The SMILES string of the molecule is Cn1ccnc1[C@](O)(CC(=O)Nc1nc(-c2ccc(C(C)(C)C)cc2)cs1)C(F)(F)F. The summed E-state index contributed by atoms with van der Waals surface area (Å²) in [5.74, 6) is -1.68. The molecule has 166 valence electrons. The monoisotopic (exact) mass is 452 g/mol. The van der Waals surface area contributed by atoms with E-state index in [4.69, 9.17) is 0 Å². The highest BCUT2D eigenvalue weighted by Gasteiger charge is 2.58. The minimum absolute atomic E-state index is 0.00220. The second-order valence-electron chi connectivity index (χ2n) is 8.31. The summed E-state index contributed by atoms with van der Waals surface area (Å²) < 4.78 is 41.8. The summed E-state index contributed by atoms with van der Waals surface area (Å²) in [6, 6.07) is 7.79. The number of hydrogen-bond donors (Lipinski definition) is 2. The third-order valence-electron chi connectivity index (χ3n) is 4.87. The quantitative estimate of drug-likeness (QED) is 0.592. The molecule has 10 heteroatoms. The number of aliphatic hydroxyl groups is 1. The van der Waals surface area contributed by atoms with Gasteiger partial charge in [-0.2, -0.15) is 13.2 Å². The molecule has 0 aliphatic rings. The summed E-state index contributed by atoms with van der Waals surface area (Å²) >= 11 is 1.09. The number of nitrogens with zero attached hydrogens (tertiary/aromatic N) is 3. The number of nitrogens with one attached hydrogen (secondary N) is 1. The maximum Gasteiger partial charge on any atom is 0.425 e. The molecule has 1 atom stereocenters. The average molecular weight is 453 g/mol. The van der Waals surface area contributed by atoms with Gasteiger partial charge in [0.15, 0.2) is 11.0 Å². The third-order valence-corrected chi connectivity index (χ3v) is 5.63. The first kappa shape index (κ1) is 23.0. The Bertz CT molecular complexity index is 1070. The van der Waals surface area contributed by atoms with Gasteiger partial charge in [-0.3, -0.25) is 4.79 Å². The Morgan fingerprint density at radius 2 is 1.84 bits per heavy atom. The number of aromatic nitrogens is 3. The zero-order chi connectivity index (χ0) is 23.0. The number of alkyl halides is 3. The van der Waals surface area contributed by atoms with Crippen molar-refractivity contribution >= 4 is 22.4 Å². The normalized spacial score (nSPS) is 14.3. The highest BCUT2D eigenvalue weighted by molar-refractivity contribution is 7.14. The van der Waals surface area contributed by atoms with Gasteiger partial charge >= 0.3 is 6.18 Å². The number of anilines is 1. The number of thiazole rings is 1. The van der Waals surface area contributed by atoms with Crippen molar-refractivity contribution in [1.82, 2.24) is 14.5 Å². The van der Waals surface area contributed by atoms with Crippen LogP contribution in [-0.4, -0.2) is 31.7 Å². The molecule has 0 aliphatic heterocycles. The molecule has 0 saturated carbocycles. The summed E-state index contributed by atoms with van der Waals surface area (Å²) in [7, 11) is 1.31. The van der Waals surface area contributed by atoms with Crippen LogP contribution in [0.25, 0.3) is 11.3 Å². The van der Waals surface area contributed by atoms with Crippen LogP contribution in [0.15, 0.2) is 42.0 Å². The first-order valence-corrected chi connectivity index (χ1v) is 10.3. The van der Waals surface area contributed by atoms with E-state index in [1.54, 1.807) is 5.38 Å². The summed E-state index contributed by atoms with van der Waals surface area (Å²) in [4.78, 5) is 20.2. The molecule has 1 amide bonds. The van der Waals surface area contributed by atoms with Crippen molar-refractivity contribution in [3.05, 3.63) is 53.4 Å². The first-order valence-electron chi connectivity index (χ1n) is 9.44. The van der Waals surface area contributed by atoms with Gasteiger partial charge in [-0.05, 0) is 11.0 Å². The third kappa shape index (κ3) is 4.80. The minimum Gasteiger partial charge on any atom is -0.374 e. The summed E-state index contributed by atoms with van der Waals surface area (Å²) in [6.45, 7) is 6.31. The zero-order valence-corrected chi connectivity index (χ0v) is 18.3. The Hall–Kier alpha value is -2.72. The number of hydrogen-bond acceptors (Lipinski definition) is 5. The molecule has 3 aromatic rings. The van der Waals surface area contributed by atoms with Crippen molar-refractivity contribution in [3.8, 4) is 11.3 Å². The van der Waals surface area contributed by atoms with E-state index in [1.807, 2.05) is 24.3 Å². The van der Waals surface area contributed by atoms with Crippen LogP contribution in [0.4, 0.5) is 18.3 Å². The van der Waals surface area contributed by atoms with Gasteiger partial charge in [0.05, 0.1) is 12.1 Å². The fourth-order valence-corrected chi connectivity index (χ4v) is 3.81. The summed E-state index contributed by atoms with van der Waals surface area (Å²) in [5, 5.41) is 14.5. The Balaban J connectivity index is 1.75. The lowest BCUT2D eigenvalue weighted by atomic mass is 9.86. The first-order chi connectivity index (χ1) is 14.3. The van der Waals surface area contributed by atoms with E-state index in [0.717, 1.165) is 33.2 Å². The fraction of sp³-hybridized carbons (Fsp3) is 0.381. The number of benzene rings is 1. The zero-order valence-electron chi connectivity index (χ0n) is 17.5. The lowest BCUT2D eigenvalue weighted by Gasteiger charge is -2.29. The Morgan fingerprint density at radius 3 is 2.35 bits per heavy atom. The van der Waals surface area contributed by atoms with Crippen LogP contribution in [0.3, 0.4) is 0 Å².